The van der Waals surface area contributed by atoms with E-state index in [9.17, 15) is 4.79 Å². The Morgan fingerprint density at radius 3 is 2.33 bits per heavy atom. The molecule has 0 bridgehead atoms. The Morgan fingerprint density at radius 1 is 1.33 bits per heavy atom. The molecular formula is C11H13BrO2S. The highest BCUT2D eigenvalue weighted by molar-refractivity contribution is 9.10. The molecule has 0 aromatic heterocycles. The quantitative estimate of drug-likeness (QED) is 0.860. The molecule has 1 aromatic carbocycles. The van der Waals surface area contributed by atoms with Crippen molar-refractivity contribution in [3.63, 3.8) is 0 Å². The number of aliphatic carboxylic acids is 1. The minimum Gasteiger partial charge on any atom is -0.481 e. The third-order valence-corrected chi connectivity index (χ3v) is 4.08. The molecule has 2 atom stereocenters. The van der Waals surface area contributed by atoms with Crippen LogP contribution in [0.3, 0.4) is 0 Å². The van der Waals surface area contributed by atoms with Gasteiger partial charge in [0.1, 0.15) is 0 Å². The van der Waals surface area contributed by atoms with E-state index < -0.39 is 5.97 Å². The Morgan fingerprint density at radius 2 is 1.87 bits per heavy atom. The predicted octanol–water partition coefficient (Wildman–Crippen LogP) is 3.65. The molecule has 0 fully saturated rings. The Kier molecular flexibility index (Phi) is 4.67. The maximum Gasteiger partial charge on any atom is 0.307 e. The number of rotatable bonds is 4. The molecule has 4 heteroatoms. The van der Waals surface area contributed by atoms with Gasteiger partial charge >= 0.3 is 5.97 Å². The summed E-state index contributed by atoms with van der Waals surface area (Å²) in [6, 6.07) is 7.89. The Labute approximate surface area is 102 Å². The standard InChI is InChI=1S/C11H13BrO2S/c1-7(11(13)14)8(2)15-10-5-3-9(12)4-6-10/h3-8H,1-2H3,(H,13,14). The van der Waals surface area contributed by atoms with E-state index >= 15 is 0 Å². The third kappa shape index (κ3) is 3.87. The van der Waals surface area contributed by atoms with Crippen molar-refractivity contribution in [3.05, 3.63) is 28.7 Å². The molecule has 0 aliphatic carbocycles. The second-order valence-corrected chi connectivity index (χ2v) is 5.77. The molecule has 1 N–H and O–H groups in total. The minimum atomic E-state index is -0.743. The minimum absolute atomic E-state index is 0.0728. The molecule has 2 unspecified atom stereocenters. The van der Waals surface area contributed by atoms with E-state index in [1.807, 2.05) is 31.2 Å². The molecule has 0 radical (unpaired) electrons. The zero-order valence-corrected chi connectivity index (χ0v) is 11.0. The van der Waals surface area contributed by atoms with Crippen molar-refractivity contribution in [2.24, 2.45) is 5.92 Å². The molecule has 0 heterocycles. The average molecular weight is 289 g/mol. The van der Waals surface area contributed by atoms with Gasteiger partial charge in [0.2, 0.25) is 0 Å². The van der Waals surface area contributed by atoms with Gasteiger partial charge in [0.15, 0.2) is 0 Å². The van der Waals surface area contributed by atoms with E-state index in [0.717, 1.165) is 9.37 Å². The summed E-state index contributed by atoms with van der Waals surface area (Å²) < 4.78 is 1.03. The maximum absolute atomic E-state index is 10.8. The summed E-state index contributed by atoms with van der Waals surface area (Å²) in [7, 11) is 0. The van der Waals surface area contributed by atoms with Gasteiger partial charge < -0.3 is 5.11 Å². The largest absolute Gasteiger partial charge is 0.481 e. The van der Waals surface area contributed by atoms with Crippen molar-refractivity contribution >= 4 is 33.7 Å². The van der Waals surface area contributed by atoms with Crippen molar-refractivity contribution < 1.29 is 9.90 Å². The molecule has 0 aliphatic rings. The predicted molar refractivity (Wildman–Crippen MR) is 66.3 cm³/mol. The lowest BCUT2D eigenvalue weighted by Gasteiger charge is -2.15. The third-order valence-electron chi connectivity index (χ3n) is 2.23. The van der Waals surface area contributed by atoms with E-state index in [1.165, 1.54) is 0 Å². The first-order chi connectivity index (χ1) is 7.00. The van der Waals surface area contributed by atoms with E-state index in [-0.39, 0.29) is 11.2 Å². The number of carbonyl (C=O) groups is 1. The molecule has 0 saturated carbocycles. The number of halogens is 1. The smallest absolute Gasteiger partial charge is 0.307 e. The zero-order chi connectivity index (χ0) is 11.4. The van der Waals surface area contributed by atoms with Crippen LogP contribution in [0.1, 0.15) is 13.8 Å². The molecule has 1 rings (SSSR count). The maximum atomic E-state index is 10.8. The lowest BCUT2D eigenvalue weighted by molar-refractivity contribution is -0.140. The summed E-state index contributed by atoms with van der Waals surface area (Å²) in [6.45, 7) is 3.67. The Bertz CT molecular complexity index is 337. The van der Waals surface area contributed by atoms with E-state index in [2.05, 4.69) is 15.9 Å². The number of benzene rings is 1. The number of thioether (sulfide) groups is 1. The molecule has 1 aromatic rings. The van der Waals surface area contributed by atoms with Crippen LogP contribution < -0.4 is 0 Å². The van der Waals surface area contributed by atoms with Gasteiger partial charge in [0.25, 0.3) is 0 Å². The van der Waals surface area contributed by atoms with Crippen LogP contribution in [0.5, 0.6) is 0 Å². The molecule has 0 saturated heterocycles. The van der Waals surface area contributed by atoms with Crippen molar-refractivity contribution in [2.45, 2.75) is 24.0 Å². The number of carboxylic acids is 1. The molecule has 0 spiro atoms. The number of hydrogen-bond acceptors (Lipinski definition) is 2. The van der Waals surface area contributed by atoms with Crippen LogP contribution in [0.15, 0.2) is 33.6 Å². The fourth-order valence-electron chi connectivity index (χ4n) is 1.03. The lowest BCUT2D eigenvalue weighted by atomic mass is 10.1. The first kappa shape index (κ1) is 12.6. The van der Waals surface area contributed by atoms with Crippen LogP contribution in [-0.2, 0) is 4.79 Å². The summed E-state index contributed by atoms with van der Waals surface area (Å²) in [5.74, 6) is -1.08. The highest BCUT2D eigenvalue weighted by atomic mass is 79.9. The second-order valence-electron chi connectivity index (χ2n) is 3.40. The van der Waals surface area contributed by atoms with Crippen molar-refractivity contribution in [3.8, 4) is 0 Å². The first-order valence-corrected chi connectivity index (χ1v) is 6.33. The topological polar surface area (TPSA) is 37.3 Å². The van der Waals surface area contributed by atoms with E-state index in [4.69, 9.17) is 5.11 Å². The van der Waals surface area contributed by atoms with E-state index in [1.54, 1.807) is 18.7 Å². The molecule has 2 nitrogen and oxygen atoms in total. The molecule has 15 heavy (non-hydrogen) atoms. The first-order valence-electron chi connectivity index (χ1n) is 4.65. The van der Waals surface area contributed by atoms with Gasteiger partial charge in [-0.1, -0.05) is 29.8 Å². The van der Waals surface area contributed by atoms with Gasteiger partial charge in [-0.05, 0) is 24.3 Å². The summed E-state index contributed by atoms with van der Waals surface area (Å²) in [5, 5.41) is 8.93. The van der Waals surface area contributed by atoms with Gasteiger partial charge in [0, 0.05) is 14.6 Å². The summed E-state index contributed by atoms with van der Waals surface area (Å²) >= 11 is 4.95. The second kappa shape index (κ2) is 5.56. The van der Waals surface area contributed by atoms with Gasteiger partial charge in [-0.25, -0.2) is 0 Å². The lowest BCUT2D eigenvalue weighted by Crippen LogP contribution is -2.19. The molecule has 82 valence electrons. The van der Waals surface area contributed by atoms with Gasteiger partial charge in [-0.15, -0.1) is 11.8 Å². The summed E-state index contributed by atoms with van der Waals surface area (Å²) in [6.07, 6.45) is 0. The van der Waals surface area contributed by atoms with Gasteiger partial charge in [-0.3, -0.25) is 4.79 Å². The summed E-state index contributed by atoms with van der Waals surface area (Å²) in [5.41, 5.74) is 0. The molecule has 0 amide bonds. The zero-order valence-electron chi connectivity index (χ0n) is 8.61. The van der Waals surface area contributed by atoms with E-state index in [0.29, 0.717) is 0 Å². The fourth-order valence-corrected chi connectivity index (χ4v) is 2.34. The van der Waals surface area contributed by atoms with Crippen LogP contribution in [-0.4, -0.2) is 16.3 Å². The molecular weight excluding hydrogens is 276 g/mol. The van der Waals surface area contributed by atoms with Crippen molar-refractivity contribution in [1.29, 1.82) is 0 Å². The van der Waals surface area contributed by atoms with Gasteiger partial charge in [0.05, 0.1) is 5.92 Å². The SMILES string of the molecule is CC(Sc1ccc(Br)cc1)C(C)C(=O)O. The monoisotopic (exact) mass is 288 g/mol. The highest BCUT2D eigenvalue weighted by Crippen LogP contribution is 2.28. The molecule has 0 aliphatic heterocycles. The normalized spacial score (nSPS) is 14.6. The average Bonchev–Trinajstić information content (AvgIpc) is 2.20. The van der Waals surface area contributed by atoms with Gasteiger partial charge in [-0.2, -0.15) is 0 Å². The number of carboxylic acid groups (broad SMARTS) is 1. The fraction of sp³-hybridized carbons (Fsp3) is 0.364. The van der Waals surface area contributed by atoms with Crippen LogP contribution in [0.25, 0.3) is 0 Å². The Balaban J connectivity index is 2.62. The Hall–Kier alpha value is -0.480. The number of hydrogen-bond donors (Lipinski definition) is 1. The summed E-state index contributed by atoms with van der Waals surface area (Å²) in [4.78, 5) is 11.9. The van der Waals surface area contributed by atoms with Crippen LogP contribution in [0.4, 0.5) is 0 Å². The highest BCUT2D eigenvalue weighted by Gasteiger charge is 2.19. The van der Waals surface area contributed by atoms with Crippen LogP contribution in [0.2, 0.25) is 0 Å². The van der Waals surface area contributed by atoms with Crippen molar-refractivity contribution in [2.75, 3.05) is 0 Å². The van der Waals surface area contributed by atoms with Crippen molar-refractivity contribution in [1.82, 2.24) is 0 Å². The van der Waals surface area contributed by atoms with Crippen LogP contribution in [0, 0.1) is 5.92 Å². The van der Waals surface area contributed by atoms with Crippen LogP contribution >= 0.6 is 27.7 Å².